The van der Waals surface area contributed by atoms with Crippen molar-refractivity contribution in [2.75, 3.05) is 13.1 Å². The Bertz CT molecular complexity index is 321. The van der Waals surface area contributed by atoms with Gasteiger partial charge in [-0.15, -0.1) is 0 Å². The van der Waals surface area contributed by atoms with Gasteiger partial charge >= 0.3 is 0 Å². The number of imidazole rings is 1. The van der Waals surface area contributed by atoms with E-state index in [1.54, 1.807) is 0 Å². The quantitative estimate of drug-likeness (QED) is 0.596. The maximum atomic E-state index is 4.57. The molecule has 0 aliphatic carbocycles. The average Bonchev–Trinajstić information content (AvgIpc) is 2.33. The highest BCUT2D eigenvalue weighted by molar-refractivity contribution is 5.07. The van der Waals surface area contributed by atoms with Crippen LogP contribution in [0.25, 0.3) is 0 Å². The fourth-order valence-electron chi connectivity index (χ4n) is 2.55. The summed E-state index contributed by atoms with van der Waals surface area (Å²) in [6.45, 7) is 5.66. The third kappa shape index (κ3) is 1.10. The van der Waals surface area contributed by atoms with Crippen molar-refractivity contribution in [3.8, 4) is 0 Å². The van der Waals surface area contributed by atoms with E-state index in [9.17, 15) is 0 Å². The Hall–Kier alpha value is -0.830. The lowest BCUT2D eigenvalue weighted by molar-refractivity contribution is 0.208. The zero-order valence-electron chi connectivity index (χ0n) is 8.03. The minimum atomic E-state index is 0.731. The first kappa shape index (κ1) is 7.56. The van der Waals surface area contributed by atoms with Gasteiger partial charge in [-0.05, 0) is 19.8 Å². The Morgan fingerprint density at radius 1 is 1.38 bits per heavy atom. The second kappa shape index (κ2) is 2.58. The van der Waals surface area contributed by atoms with Crippen LogP contribution in [0.4, 0.5) is 0 Å². The predicted molar refractivity (Wildman–Crippen MR) is 50.5 cm³/mol. The lowest BCUT2D eigenvalue weighted by Gasteiger charge is -2.26. The van der Waals surface area contributed by atoms with E-state index in [2.05, 4.69) is 27.6 Å². The zero-order chi connectivity index (χ0) is 8.84. The first-order valence-electron chi connectivity index (χ1n) is 5.09. The van der Waals surface area contributed by atoms with Gasteiger partial charge in [0.25, 0.3) is 0 Å². The lowest BCUT2D eigenvalue weighted by atomic mass is 10.1. The maximum absolute atomic E-state index is 4.57. The van der Waals surface area contributed by atoms with E-state index in [1.807, 2.05) is 0 Å². The van der Waals surface area contributed by atoms with Crippen LogP contribution in [-0.4, -0.2) is 27.5 Å². The molecule has 1 fully saturated rings. The van der Waals surface area contributed by atoms with Crippen molar-refractivity contribution in [1.29, 1.82) is 0 Å². The topological polar surface area (TPSA) is 21.1 Å². The second-order valence-electron chi connectivity index (χ2n) is 4.21. The molecule has 2 bridgehead atoms. The Kier molecular flexibility index (Phi) is 1.50. The fourth-order valence-corrected chi connectivity index (χ4v) is 2.55. The van der Waals surface area contributed by atoms with E-state index < -0.39 is 0 Å². The normalized spacial score (nSPS) is 31.5. The standard InChI is InChI=1S/C10H15N3/c1-8-6-13-9-2-4-12(5-3-9)7-10(13)11-8/h6,9H,2-5,7H2,1H3. The minimum absolute atomic E-state index is 0.731. The summed E-state index contributed by atoms with van der Waals surface area (Å²) in [5.41, 5.74) is 1.17. The molecule has 0 unspecified atom stereocenters. The largest absolute Gasteiger partial charge is 0.330 e. The van der Waals surface area contributed by atoms with E-state index in [0.29, 0.717) is 0 Å². The third-order valence-electron chi connectivity index (χ3n) is 3.24. The van der Waals surface area contributed by atoms with Gasteiger partial charge in [0.05, 0.1) is 12.2 Å². The lowest BCUT2D eigenvalue weighted by Crippen LogP contribution is -2.29. The molecule has 3 nitrogen and oxygen atoms in total. The molecule has 70 valence electrons. The number of hydrogen-bond acceptors (Lipinski definition) is 2. The SMILES string of the molecule is Cc1cn2c(n1)CN1CCC2CC1. The summed E-state index contributed by atoms with van der Waals surface area (Å²) < 4.78 is 2.41. The molecule has 3 aliphatic heterocycles. The fraction of sp³-hybridized carbons (Fsp3) is 0.700. The Morgan fingerprint density at radius 2 is 2.15 bits per heavy atom. The molecule has 3 aliphatic rings. The first-order chi connectivity index (χ1) is 6.33. The summed E-state index contributed by atoms with van der Waals surface area (Å²) in [5.74, 6) is 1.28. The van der Waals surface area contributed by atoms with Crippen LogP contribution in [0.15, 0.2) is 6.20 Å². The van der Waals surface area contributed by atoms with Gasteiger partial charge in [-0.25, -0.2) is 4.98 Å². The molecule has 0 spiro atoms. The van der Waals surface area contributed by atoms with Crippen LogP contribution in [0.3, 0.4) is 0 Å². The molecule has 0 radical (unpaired) electrons. The highest BCUT2D eigenvalue weighted by Gasteiger charge is 2.27. The molecule has 0 amide bonds. The Labute approximate surface area is 78.4 Å². The first-order valence-corrected chi connectivity index (χ1v) is 5.09. The van der Waals surface area contributed by atoms with Crippen molar-refractivity contribution >= 4 is 0 Å². The van der Waals surface area contributed by atoms with Gasteiger partial charge in [-0.2, -0.15) is 0 Å². The summed E-state index contributed by atoms with van der Waals surface area (Å²) >= 11 is 0. The molecule has 0 N–H and O–H groups in total. The number of aryl methyl sites for hydroxylation is 1. The summed E-state index contributed by atoms with van der Waals surface area (Å²) in [7, 11) is 0. The van der Waals surface area contributed by atoms with Crippen molar-refractivity contribution in [3.05, 3.63) is 17.7 Å². The molecule has 0 saturated carbocycles. The smallest absolute Gasteiger partial charge is 0.123 e. The average molecular weight is 177 g/mol. The van der Waals surface area contributed by atoms with Crippen molar-refractivity contribution in [2.45, 2.75) is 32.4 Å². The van der Waals surface area contributed by atoms with Crippen LogP contribution in [0, 0.1) is 6.92 Å². The van der Waals surface area contributed by atoms with Gasteiger partial charge < -0.3 is 4.57 Å². The molecule has 13 heavy (non-hydrogen) atoms. The second-order valence-corrected chi connectivity index (χ2v) is 4.21. The summed E-state index contributed by atoms with van der Waals surface area (Å²) in [6.07, 6.45) is 4.83. The Balaban J connectivity index is 2.08. The monoisotopic (exact) mass is 177 g/mol. The molecule has 1 aromatic rings. The highest BCUT2D eigenvalue weighted by atomic mass is 15.2. The molecule has 1 saturated heterocycles. The number of hydrogen-bond donors (Lipinski definition) is 0. The highest BCUT2D eigenvalue weighted by Crippen LogP contribution is 2.29. The molecule has 1 aromatic heterocycles. The summed E-state index contributed by atoms with van der Waals surface area (Å²) in [5, 5.41) is 0. The number of aromatic nitrogens is 2. The van der Waals surface area contributed by atoms with Crippen LogP contribution < -0.4 is 0 Å². The number of nitrogens with zero attached hydrogens (tertiary/aromatic N) is 3. The molecule has 4 heterocycles. The van der Waals surface area contributed by atoms with Crippen LogP contribution in [0.5, 0.6) is 0 Å². The van der Waals surface area contributed by atoms with Gasteiger partial charge in [-0.3, -0.25) is 4.90 Å². The van der Waals surface area contributed by atoms with Crippen molar-refractivity contribution in [2.24, 2.45) is 0 Å². The summed E-state index contributed by atoms with van der Waals surface area (Å²) in [6, 6.07) is 0.731. The van der Waals surface area contributed by atoms with Gasteiger partial charge in [0, 0.05) is 25.3 Å². The molecular formula is C10H15N3. The van der Waals surface area contributed by atoms with Crippen LogP contribution >= 0.6 is 0 Å². The van der Waals surface area contributed by atoms with Crippen LogP contribution in [0.1, 0.15) is 30.4 Å². The number of rotatable bonds is 0. The van der Waals surface area contributed by atoms with Crippen LogP contribution in [-0.2, 0) is 6.54 Å². The number of piperidine rings is 1. The van der Waals surface area contributed by atoms with E-state index in [0.717, 1.165) is 12.6 Å². The van der Waals surface area contributed by atoms with Crippen LogP contribution in [0.2, 0.25) is 0 Å². The third-order valence-corrected chi connectivity index (χ3v) is 3.24. The molecule has 3 heteroatoms. The van der Waals surface area contributed by atoms with Gasteiger partial charge in [-0.1, -0.05) is 0 Å². The van der Waals surface area contributed by atoms with Crippen molar-refractivity contribution < 1.29 is 0 Å². The van der Waals surface area contributed by atoms with Gasteiger partial charge in [0.1, 0.15) is 5.82 Å². The maximum Gasteiger partial charge on any atom is 0.123 e. The van der Waals surface area contributed by atoms with Gasteiger partial charge in [0.15, 0.2) is 0 Å². The molecule has 0 atom stereocenters. The summed E-state index contributed by atoms with van der Waals surface area (Å²) in [4.78, 5) is 7.09. The van der Waals surface area contributed by atoms with E-state index in [-0.39, 0.29) is 0 Å². The zero-order valence-corrected chi connectivity index (χ0v) is 8.03. The van der Waals surface area contributed by atoms with E-state index in [1.165, 1.54) is 37.4 Å². The minimum Gasteiger partial charge on any atom is -0.330 e. The molecule has 4 rings (SSSR count). The Morgan fingerprint density at radius 3 is 2.92 bits per heavy atom. The molecular weight excluding hydrogens is 162 g/mol. The molecule has 0 aromatic carbocycles. The van der Waals surface area contributed by atoms with E-state index in [4.69, 9.17) is 0 Å². The number of fused-ring (bicyclic) bond motifs is 2. The van der Waals surface area contributed by atoms with E-state index >= 15 is 0 Å². The van der Waals surface area contributed by atoms with Gasteiger partial charge in [0.2, 0.25) is 0 Å². The van der Waals surface area contributed by atoms with Crippen molar-refractivity contribution in [1.82, 2.24) is 14.5 Å². The van der Waals surface area contributed by atoms with Crippen molar-refractivity contribution in [3.63, 3.8) is 0 Å². The predicted octanol–water partition coefficient (Wildman–Crippen LogP) is 1.34.